The molecule has 0 saturated carbocycles. The number of carbonyl (C=O) groups is 2. The summed E-state index contributed by atoms with van der Waals surface area (Å²) in [6.07, 6.45) is -4.28. The highest BCUT2D eigenvalue weighted by Gasteiger charge is 2.44. The molecular weight excluding hydrogens is 500 g/mol. The molecule has 2 saturated heterocycles. The minimum absolute atomic E-state index is 0.0222. The van der Waals surface area contributed by atoms with Crippen molar-refractivity contribution in [3.05, 3.63) is 70.0 Å². The third-order valence-corrected chi connectivity index (χ3v) is 7.35. The van der Waals surface area contributed by atoms with Crippen LogP contribution in [0, 0.1) is 5.82 Å². The third-order valence-electron chi connectivity index (χ3n) is 6.35. The van der Waals surface area contributed by atoms with Crippen LogP contribution in [0.5, 0.6) is 0 Å². The van der Waals surface area contributed by atoms with E-state index >= 15 is 0 Å². The van der Waals surface area contributed by atoms with Crippen LogP contribution in [0.4, 0.5) is 22.4 Å². The number of fused-ring (bicyclic) bond motifs is 1. The maximum Gasteiger partial charge on any atom is 0.416 e. The van der Waals surface area contributed by atoms with Crippen molar-refractivity contribution in [3.63, 3.8) is 0 Å². The van der Waals surface area contributed by atoms with E-state index in [0.717, 1.165) is 17.0 Å². The molecule has 0 radical (unpaired) electrons. The number of imide groups is 1. The minimum atomic E-state index is -4.82. The molecule has 0 bridgehead atoms. The second kappa shape index (κ2) is 9.34. The Kier molecular flexibility index (Phi) is 6.35. The highest BCUT2D eigenvalue weighted by Crippen LogP contribution is 2.42. The van der Waals surface area contributed by atoms with Crippen molar-refractivity contribution >= 4 is 39.4 Å². The molecule has 2 aliphatic heterocycles. The number of allylic oxidation sites excluding steroid dienone is 1. The SMILES string of the molecule is O=C1S/C(=C(/Cc2ccc(F)cc2C(F)(F)F)c2ccc3[nH]ncc3c2)C(=O)N1[C@H]1CCNC[C@@H]1O. The van der Waals surface area contributed by atoms with E-state index in [1.807, 2.05) is 0 Å². The molecule has 36 heavy (non-hydrogen) atoms. The Morgan fingerprint density at radius 1 is 1.19 bits per heavy atom. The monoisotopic (exact) mass is 520 g/mol. The molecule has 7 nitrogen and oxygen atoms in total. The standard InChI is InChI=1S/C24H20F4N4O3S/c25-15-3-1-13(17(9-15)24(26,27)28)8-16(12-2-4-18-14(7-12)10-30-31-18)21-22(34)32(23(35)36-21)19-5-6-29-11-20(19)33/h1-4,7,9-10,19-20,29,33H,5-6,8,11H2,(H,30,31)/b21-16-/t19-,20-/m0/s1. The van der Waals surface area contributed by atoms with Crippen LogP contribution in [-0.2, 0) is 17.4 Å². The summed E-state index contributed by atoms with van der Waals surface area (Å²) in [6.45, 7) is 0.705. The van der Waals surface area contributed by atoms with Crippen molar-refractivity contribution in [2.75, 3.05) is 13.1 Å². The highest BCUT2D eigenvalue weighted by molar-refractivity contribution is 8.18. The number of hydrogen-bond donors (Lipinski definition) is 3. The lowest BCUT2D eigenvalue weighted by molar-refractivity contribution is -0.138. The second-order valence-electron chi connectivity index (χ2n) is 8.63. The fraction of sp³-hybridized carbons (Fsp3) is 0.292. The van der Waals surface area contributed by atoms with Crippen LogP contribution in [-0.4, -0.2) is 56.6 Å². The molecule has 2 amide bonds. The van der Waals surface area contributed by atoms with Gasteiger partial charge in [-0.15, -0.1) is 0 Å². The van der Waals surface area contributed by atoms with Crippen LogP contribution in [0.1, 0.15) is 23.1 Å². The van der Waals surface area contributed by atoms with Gasteiger partial charge in [0, 0.05) is 11.9 Å². The molecule has 2 aliphatic rings. The highest BCUT2D eigenvalue weighted by atomic mass is 32.2. The lowest BCUT2D eigenvalue weighted by atomic mass is 9.93. The molecule has 0 aliphatic carbocycles. The van der Waals surface area contributed by atoms with Crippen LogP contribution in [0.15, 0.2) is 47.5 Å². The number of thioether (sulfide) groups is 1. The van der Waals surface area contributed by atoms with E-state index in [4.69, 9.17) is 0 Å². The van der Waals surface area contributed by atoms with E-state index in [9.17, 15) is 32.3 Å². The molecule has 12 heteroatoms. The summed E-state index contributed by atoms with van der Waals surface area (Å²) in [5.74, 6) is -1.71. The number of benzene rings is 2. The van der Waals surface area contributed by atoms with Crippen molar-refractivity contribution in [1.29, 1.82) is 0 Å². The summed E-state index contributed by atoms with van der Waals surface area (Å²) in [5.41, 5.74) is -0.0822. The van der Waals surface area contributed by atoms with Gasteiger partial charge in [-0.2, -0.15) is 18.3 Å². The molecule has 5 rings (SSSR count). The predicted molar refractivity (Wildman–Crippen MR) is 125 cm³/mol. The number of halogens is 4. The molecule has 0 unspecified atom stereocenters. The lowest BCUT2D eigenvalue weighted by Crippen LogP contribution is -2.54. The number of aromatic amines is 1. The fourth-order valence-corrected chi connectivity index (χ4v) is 5.57. The molecule has 3 N–H and O–H groups in total. The van der Waals surface area contributed by atoms with Crippen LogP contribution >= 0.6 is 11.8 Å². The maximum atomic E-state index is 13.7. The van der Waals surface area contributed by atoms with Crippen LogP contribution < -0.4 is 5.32 Å². The first-order valence-electron chi connectivity index (χ1n) is 11.1. The zero-order chi connectivity index (χ0) is 25.6. The van der Waals surface area contributed by atoms with Gasteiger partial charge in [0.25, 0.3) is 11.1 Å². The van der Waals surface area contributed by atoms with E-state index in [2.05, 4.69) is 15.5 Å². The minimum Gasteiger partial charge on any atom is -0.390 e. The third kappa shape index (κ3) is 4.51. The second-order valence-corrected chi connectivity index (χ2v) is 9.59. The van der Waals surface area contributed by atoms with Gasteiger partial charge in [0.2, 0.25) is 0 Å². The van der Waals surface area contributed by atoms with Gasteiger partial charge < -0.3 is 10.4 Å². The Bertz CT molecular complexity index is 1390. The van der Waals surface area contributed by atoms with E-state index in [0.29, 0.717) is 47.3 Å². The van der Waals surface area contributed by atoms with Crippen LogP contribution in [0.3, 0.4) is 0 Å². The van der Waals surface area contributed by atoms with Crippen molar-refractivity contribution in [2.24, 2.45) is 0 Å². The number of carbonyl (C=O) groups excluding carboxylic acids is 2. The van der Waals surface area contributed by atoms with Gasteiger partial charge in [-0.05, 0) is 72.1 Å². The summed E-state index contributed by atoms with van der Waals surface area (Å²) < 4.78 is 55.0. The number of rotatable bonds is 4. The molecule has 2 aromatic carbocycles. The lowest BCUT2D eigenvalue weighted by Gasteiger charge is -2.33. The first kappa shape index (κ1) is 24.5. The number of alkyl halides is 3. The zero-order valence-electron chi connectivity index (χ0n) is 18.6. The van der Waals surface area contributed by atoms with E-state index < -0.39 is 40.8 Å². The molecule has 1 aromatic heterocycles. The largest absolute Gasteiger partial charge is 0.416 e. The topological polar surface area (TPSA) is 98.3 Å². The summed E-state index contributed by atoms with van der Waals surface area (Å²) in [4.78, 5) is 27.4. The summed E-state index contributed by atoms with van der Waals surface area (Å²) in [7, 11) is 0. The molecule has 0 spiro atoms. The molecule has 3 aromatic rings. The van der Waals surface area contributed by atoms with E-state index in [-0.39, 0.29) is 29.0 Å². The molecule has 2 fully saturated rings. The summed E-state index contributed by atoms with van der Waals surface area (Å²) in [6, 6.07) is 6.61. The Morgan fingerprint density at radius 2 is 2.00 bits per heavy atom. The quantitative estimate of drug-likeness (QED) is 0.354. The van der Waals surface area contributed by atoms with Gasteiger partial charge in [-0.3, -0.25) is 19.6 Å². The van der Waals surface area contributed by atoms with E-state index in [1.54, 1.807) is 18.2 Å². The number of nitrogens with zero attached hydrogens (tertiary/aromatic N) is 2. The normalized spacial score (nSPS) is 22.5. The molecule has 3 heterocycles. The van der Waals surface area contributed by atoms with Gasteiger partial charge in [-0.25, -0.2) is 4.39 Å². The van der Waals surface area contributed by atoms with Crippen molar-refractivity contribution in [2.45, 2.75) is 31.2 Å². The fourth-order valence-electron chi connectivity index (χ4n) is 4.58. The predicted octanol–water partition coefficient (Wildman–Crippen LogP) is 4.09. The number of aliphatic hydroxyl groups is 1. The van der Waals surface area contributed by atoms with Gasteiger partial charge in [0.1, 0.15) is 5.82 Å². The molecule has 2 atom stereocenters. The summed E-state index contributed by atoms with van der Waals surface area (Å²) >= 11 is 0.630. The number of hydrogen-bond acceptors (Lipinski definition) is 6. The average Bonchev–Trinajstić information content (AvgIpc) is 3.41. The number of nitrogens with one attached hydrogen (secondary N) is 2. The van der Waals surface area contributed by atoms with Crippen LogP contribution in [0.2, 0.25) is 0 Å². The number of amides is 2. The van der Waals surface area contributed by atoms with Crippen molar-refractivity contribution in [1.82, 2.24) is 20.4 Å². The number of aromatic nitrogens is 2. The molecular formula is C24H20F4N4O3S. The van der Waals surface area contributed by atoms with E-state index in [1.165, 1.54) is 6.20 Å². The zero-order valence-corrected chi connectivity index (χ0v) is 19.4. The number of β-amino-alcohol motifs (C(OH)–C–C–N with tert-alkyl or cyclic N) is 1. The Balaban J connectivity index is 1.64. The number of H-pyrrole nitrogens is 1. The first-order chi connectivity index (χ1) is 17.1. The van der Waals surface area contributed by atoms with Gasteiger partial charge in [0.05, 0.1) is 34.3 Å². The Morgan fingerprint density at radius 3 is 2.75 bits per heavy atom. The molecule has 188 valence electrons. The van der Waals surface area contributed by atoms with Crippen molar-refractivity contribution in [3.8, 4) is 0 Å². The van der Waals surface area contributed by atoms with Gasteiger partial charge >= 0.3 is 6.18 Å². The number of aliphatic hydroxyl groups excluding tert-OH is 1. The first-order valence-corrected chi connectivity index (χ1v) is 11.9. The maximum absolute atomic E-state index is 13.7. The summed E-state index contributed by atoms with van der Waals surface area (Å²) in [5, 5.41) is 20.2. The van der Waals surface area contributed by atoms with Crippen molar-refractivity contribution < 1.29 is 32.3 Å². The Labute approximate surface area is 206 Å². The number of piperidine rings is 1. The average molecular weight is 521 g/mol. The van der Waals surface area contributed by atoms with Gasteiger partial charge in [0.15, 0.2) is 0 Å². The Hall–Kier alpha value is -3.22. The smallest absolute Gasteiger partial charge is 0.390 e. The van der Waals surface area contributed by atoms with Crippen LogP contribution in [0.25, 0.3) is 16.5 Å². The van der Waals surface area contributed by atoms with Gasteiger partial charge in [-0.1, -0.05) is 12.1 Å².